The van der Waals surface area contributed by atoms with E-state index in [9.17, 15) is 0 Å². The van der Waals surface area contributed by atoms with E-state index in [4.69, 9.17) is 4.74 Å². The predicted molar refractivity (Wildman–Crippen MR) is 68.0 cm³/mol. The number of hydrogen-bond acceptors (Lipinski definition) is 4. The zero-order valence-corrected chi connectivity index (χ0v) is 10.3. The maximum atomic E-state index is 5.87. The van der Waals surface area contributed by atoms with Gasteiger partial charge in [-0.25, -0.2) is 9.97 Å². The number of nitrogens with one attached hydrogen (secondary N) is 1. The fourth-order valence-electron chi connectivity index (χ4n) is 2.19. The SMILES string of the molecule is c1cnc(NCCOC2CCCCCC2)nc1. The van der Waals surface area contributed by atoms with Crippen LogP contribution in [0.15, 0.2) is 18.5 Å². The minimum atomic E-state index is 0.469. The molecule has 0 saturated heterocycles. The standard InChI is InChI=1S/C13H21N3O/c1-2-4-7-12(6-3-1)17-11-10-16-13-14-8-5-9-15-13/h5,8-9,12H,1-4,6-7,10-11H2,(H,14,15,16). The minimum absolute atomic E-state index is 0.469. The summed E-state index contributed by atoms with van der Waals surface area (Å²) in [5, 5.41) is 3.15. The molecule has 17 heavy (non-hydrogen) atoms. The smallest absolute Gasteiger partial charge is 0.222 e. The van der Waals surface area contributed by atoms with Gasteiger partial charge in [-0.15, -0.1) is 0 Å². The third-order valence-electron chi connectivity index (χ3n) is 3.11. The van der Waals surface area contributed by atoms with Crippen LogP contribution in [0.2, 0.25) is 0 Å². The lowest BCUT2D eigenvalue weighted by Gasteiger charge is -2.15. The summed E-state index contributed by atoms with van der Waals surface area (Å²) in [5.74, 6) is 0.678. The summed E-state index contributed by atoms with van der Waals surface area (Å²) >= 11 is 0. The molecule has 0 aromatic carbocycles. The van der Waals surface area contributed by atoms with E-state index < -0.39 is 0 Å². The van der Waals surface area contributed by atoms with E-state index in [2.05, 4.69) is 15.3 Å². The Bertz CT molecular complexity index is 297. The van der Waals surface area contributed by atoms with Gasteiger partial charge in [0.05, 0.1) is 12.7 Å². The summed E-state index contributed by atoms with van der Waals surface area (Å²) in [6.07, 6.45) is 11.8. The molecule has 0 atom stereocenters. The zero-order valence-electron chi connectivity index (χ0n) is 10.3. The van der Waals surface area contributed by atoms with Crippen LogP contribution in [0.4, 0.5) is 5.95 Å². The molecule has 4 nitrogen and oxygen atoms in total. The van der Waals surface area contributed by atoms with Crippen molar-refractivity contribution in [2.75, 3.05) is 18.5 Å². The van der Waals surface area contributed by atoms with Crippen molar-refractivity contribution in [1.82, 2.24) is 9.97 Å². The lowest BCUT2D eigenvalue weighted by atomic mass is 10.1. The fourth-order valence-corrected chi connectivity index (χ4v) is 2.19. The van der Waals surface area contributed by atoms with E-state index in [0.717, 1.165) is 13.2 Å². The van der Waals surface area contributed by atoms with Gasteiger partial charge >= 0.3 is 0 Å². The largest absolute Gasteiger partial charge is 0.376 e. The fraction of sp³-hybridized carbons (Fsp3) is 0.692. The highest BCUT2D eigenvalue weighted by atomic mass is 16.5. The third kappa shape index (κ3) is 4.69. The van der Waals surface area contributed by atoms with E-state index in [-0.39, 0.29) is 0 Å². The van der Waals surface area contributed by atoms with Crippen molar-refractivity contribution in [2.45, 2.75) is 44.6 Å². The first kappa shape index (κ1) is 12.3. The van der Waals surface area contributed by atoms with Crippen molar-refractivity contribution in [3.8, 4) is 0 Å². The molecule has 94 valence electrons. The Morgan fingerprint density at radius 1 is 1.12 bits per heavy atom. The zero-order chi connectivity index (χ0) is 11.8. The highest BCUT2D eigenvalue weighted by molar-refractivity contribution is 5.21. The Morgan fingerprint density at radius 2 is 1.82 bits per heavy atom. The van der Waals surface area contributed by atoms with E-state index in [1.807, 2.05) is 6.07 Å². The second-order valence-corrected chi connectivity index (χ2v) is 4.48. The Labute approximate surface area is 103 Å². The summed E-state index contributed by atoms with van der Waals surface area (Å²) in [7, 11) is 0. The highest BCUT2D eigenvalue weighted by Crippen LogP contribution is 2.19. The quantitative estimate of drug-likeness (QED) is 0.629. The molecule has 0 unspecified atom stereocenters. The first-order valence-corrected chi connectivity index (χ1v) is 6.57. The predicted octanol–water partition coefficient (Wildman–Crippen LogP) is 2.63. The van der Waals surface area contributed by atoms with Gasteiger partial charge < -0.3 is 10.1 Å². The molecule has 1 saturated carbocycles. The number of hydrogen-bond donors (Lipinski definition) is 1. The van der Waals surface area contributed by atoms with Crippen molar-refractivity contribution in [2.24, 2.45) is 0 Å². The molecule has 0 amide bonds. The molecule has 1 aromatic heterocycles. The van der Waals surface area contributed by atoms with Crippen molar-refractivity contribution in [1.29, 1.82) is 0 Å². The first-order valence-electron chi connectivity index (χ1n) is 6.57. The molecule has 0 bridgehead atoms. The van der Waals surface area contributed by atoms with Crippen LogP contribution in [0.5, 0.6) is 0 Å². The maximum Gasteiger partial charge on any atom is 0.222 e. The second kappa shape index (κ2) is 7.22. The van der Waals surface area contributed by atoms with Gasteiger partial charge in [-0.05, 0) is 18.9 Å². The van der Waals surface area contributed by atoms with Crippen molar-refractivity contribution >= 4 is 5.95 Å². The van der Waals surface area contributed by atoms with Gasteiger partial charge in [0.2, 0.25) is 5.95 Å². The van der Waals surface area contributed by atoms with E-state index in [0.29, 0.717) is 12.1 Å². The van der Waals surface area contributed by atoms with Crippen LogP contribution in [0.1, 0.15) is 38.5 Å². The second-order valence-electron chi connectivity index (χ2n) is 4.48. The van der Waals surface area contributed by atoms with Crippen LogP contribution in [0, 0.1) is 0 Å². The molecule has 0 aliphatic heterocycles. The Balaban J connectivity index is 1.59. The molecular weight excluding hydrogens is 214 g/mol. The minimum Gasteiger partial charge on any atom is -0.376 e. The maximum absolute atomic E-state index is 5.87. The lowest BCUT2D eigenvalue weighted by molar-refractivity contribution is 0.0501. The van der Waals surface area contributed by atoms with Gasteiger partial charge in [0.25, 0.3) is 0 Å². The van der Waals surface area contributed by atoms with Gasteiger partial charge in [0.1, 0.15) is 0 Å². The van der Waals surface area contributed by atoms with Gasteiger partial charge in [-0.2, -0.15) is 0 Å². The monoisotopic (exact) mass is 235 g/mol. The van der Waals surface area contributed by atoms with Crippen molar-refractivity contribution in [3.05, 3.63) is 18.5 Å². The molecule has 1 aliphatic rings. The van der Waals surface area contributed by atoms with Gasteiger partial charge in [-0.1, -0.05) is 25.7 Å². The topological polar surface area (TPSA) is 47.0 Å². The number of nitrogens with zero attached hydrogens (tertiary/aromatic N) is 2. The Morgan fingerprint density at radius 3 is 2.53 bits per heavy atom. The molecule has 0 radical (unpaired) electrons. The number of anilines is 1. The average Bonchev–Trinajstić information content (AvgIpc) is 2.65. The summed E-state index contributed by atoms with van der Waals surface area (Å²) in [5.41, 5.74) is 0. The third-order valence-corrected chi connectivity index (χ3v) is 3.11. The summed E-state index contributed by atoms with van der Waals surface area (Å²) in [6, 6.07) is 1.81. The molecule has 1 aliphatic carbocycles. The van der Waals surface area contributed by atoms with Crippen LogP contribution in [-0.4, -0.2) is 29.2 Å². The molecule has 1 heterocycles. The van der Waals surface area contributed by atoms with Crippen LogP contribution in [-0.2, 0) is 4.74 Å². The van der Waals surface area contributed by atoms with Gasteiger partial charge in [-0.3, -0.25) is 0 Å². The van der Waals surface area contributed by atoms with Crippen molar-refractivity contribution < 1.29 is 4.74 Å². The lowest BCUT2D eigenvalue weighted by Crippen LogP contribution is -2.18. The normalized spacial score (nSPS) is 17.6. The molecule has 1 aromatic rings. The van der Waals surface area contributed by atoms with Crippen LogP contribution in [0.25, 0.3) is 0 Å². The van der Waals surface area contributed by atoms with Gasteiger partial charge in [0.15, 0.2) is 0 Å². The number of ether oxygens (including phenoxy) is 1. The van der Waals surface area contributed by atoms with E-state index in [1.165, 1.54) is 38.5 Å². The van der Waals surface area contributed by atoms with Crippen molar-refractivity contribution in [3.63, 3.8) is 0 Å². The van der Waals surface area contributed by atoms with E-state index >= 15 is 0 Å². The highest BCUT2D eigenvalue weighted by Gasteiger charge is 2.11. The van der Waals surface area contributed by atoms with Gasteiger partial charge in [0, 0.05) is 18.9 Å². The summed E-state index contributed by atoms with van der Waals surface area (Å²) in [4.78, 5) is 8.20. The Hall–Kier alpha value is -1.16. The molecular formula is C13H21N3O. The molecule has 4 heteroatoms. The molecule has 1 N–H and O–H groups in total. The summed E-state index contributed by atoms with van der Waals surface area (Å²) in [6.45, 7) is 1.52. The van der Waals surface area contributed by atoms with Crippen LogP contribution < -0.4 is 5.32 Å². The number of rotatable bonds is 5. The average molecular weight is 235 g/mol. The summed E-state index contributed by atoms with van der Waals surface area (Å²) < 4.78 is 5.87. The Kier molecular flexibility index (Phi) is 5.23. The first-order chi connectivity index (χ1) is 8.45. The number of aromatic nitrogens is 2. The molecule has 2 rings (SSSR count). The van der Waals surface area contributed by atoms with Crippen LogP contribution >= 0.6 is 0 Å². The van der Waals surface area contributed by atoms with E-state index in [1.54, 1.807) is 12.4 Å². The van der Waals surface area contributed by atoms with Crippen LogP contribution in [0.3, 0.4) is 0 Å². The molecule has 0 spiro atoms. The molecule has 1 fully saturated rings.